The summed E-state index contributed by atoms with van der Waals surface area (Å²) in [7, 11) is 3.70. The van der Waals surface area contributed by atoms with Crippen LogP contribution in [0.3, 0.4) is 0 Å². The minimum absolute atomic E-state index is 0.0933. The summed E-state index contributed by atoms with van der Waals surface area (Å²) in [4.78, 5) is 0. The number of methoxy groups -OCH3 is 1. The molecule has 1 fully saturated rings. The van der Waals surface area contributed by atoms with Crippen molar-refractivity contribution < 1.29 is 9.84 Å². The fourth-order valence-electron chi connectivity index (χ4n) is 3.23. The molecule has 0 saturated heterocycles. The minimum atomic E-state index is -0.395. The number of fused-ring (bicyclic) bond motifs is 1. The molecule has 1 aromatic carbocycles. The highest BCUT2D eigenvalue weighted by molar-refractivity contribution is 5.81. The molecule has 4 nitrogen and oxygen atoms in total. The van der Waals surface area contributed by atoms with Crippen LogP contribution in [0.15, 0.2) is 24.3 Å². The molecular formula is C16H22N2O2. The summed E-state index contributed by atoms with van der Waals surface area (Å²) in [5.74, 6) is 0. The Labute approximate surface area is 119 Å². The van der Waals surface area contributed by atoms with E-state index in [9.17, 15) is 5.11 Å². The molecule has 1 aliphatic rings. The van der Waals surface area contributed by atoms with Crippen molar-refractivity contribution in [3.05, 3.63) is 30.0 Å². The number of nitrogens with zero attached hydrogens (tertiary/aromatic N) is 2. The third-order valence-corrected chi connectivity index (χ3v) is 4.57. The molecule has 108 valence electrons. The Morgan fingerprint density at radius 3 is 2.80 bits per heavy atom. The van der Waals surface area contributed by atoms with Crippen LogP contribution in [0.4, 0.5) is 0 Å². The Bertz CT molecular complexity index is 596. The highest BCUT2D eigenvalue weighted by Gasteiger charge is 2.38. The average Bonchev–Trinajstić information content (AvgIpc) is 2.71. The molecule has 0 bridgehead atoms. The van der Waals surface area contributed by atoms with E-state index in [1.807, 2.05) is 23.9 Å². The van der Waals surface area contributed by atoms with Crippen LogP contribution in [0.25, 0.3) is 10.9 Å². The van der Waals surface area contributed by atoms with Crippen LogP contribution in [-0.2, 0) is 18.2 Å². The van der Waals surface area contributed by atoms with Gasteiger partial charge in [-0.25, -0.2) is 0 Å². The summed E-state index contributed by atoms with van der Waals surface area (Å²) in [6.45, 7) is 0. The number of aryl methyl sites for hydroxylation is 1. The molecule has 2 aromatic rings. The third-order valence-electron chi connectivity index (χ3n) is 4.57. The smallest absolute Gasteiger partial charge is 0.0728 e. The maximum absolute atomic E-state index is 10.4. The van der Waals surface area contributed by atoms with E-state index in [2.05, 4.69) is 17.2 Å². The van der Waals surface area contributed by atoms with Gasteiger partial charge in [0.05, 0.1) is 22.9 Å². The summed E-state index contributed by atoms with van der Waals surface area (Å²) in [5, 5.41) is 16.1. The second kappa shape index (κ2) is 5.19. The van der Waals surface area contributed by atoms with Crippen molar-refractivity contribution in [2.75, 3.05) is 7.11 Å². The first kappa shape index (κ1) is 13.6. The first-order valence-electron chi connectivity index (χ1n) is 7.27. The lowest BCUT2D eigenvalue weighted by Crippen LogP contribution is -2.42. The predicted molar refractivity (Wildman–Crippen MR) is 78.6 cm³/mol. The number of aliphatic hydroxyl groups excluding tert-OH is 1. The molecule has 0 spiro atoms. The number of rotatable bonds is 5. The van der Waals surface area contributed by atoms with Gasteiger partial charge in [0.1, 0.15) is 0 Å². The maximum Gasteiger partial charge on any atom is 0.0728 e. The van der Waals surface area contributed by atoms with Gasteiger partial charge < -0.3 is 9.84 Å². The van der Waals surface area contributed by atoms with Gasteiger partial charge in [0, 0.05) is 32.4 Å². The molecule has 0 radical (unpaired) electrons. The lowest BCUT2D eigenvalue weighted by Gasteiger charge is -2.41. The molecule has 1 aromatic heterocycles. The van der Waals surface area contributed by atoms with Crippen LogP contribution in [0.1, 0.15) is 31.4 Å². The lowest BCUT2D eigenvalue weighted by molar-refractivity contribution is -0.0989. The maximum atomic E-state index is 10.4. The second-order valence-electron chi connectivity index (χ2n) is 5.89. The lowest BCUT2D eigenvalue weighted by atomic mass is 9.75. The van der Waals surface area contributed by atoms with Crippen LogP contribution in [0.5, 0.6) is 0 Å². The average molecular weight is 274 g/mol. The largest absolute Gasteiger partial charge is 0.393 e. The Morgan fingerprint density at radius 1 is 1.40 bits per heavy atom. The number of hydrogen-bond donors (Lipinski definition) is 1. The number of aromatic nitrogens is 2. The van der Waals surface area contributed by atoms with E-state index in [1.54, 1.807) is 7.11 Å². The molecule has 1 unspecified atom stereocenters. The third kappa shape index (κ3) is 2.34. The molecule has 3 rings (SSSR count). The van der Waals surface area contributed by atoms with E-state index in [0.717, 1.165) is 29.4 Å². The van der Waals surface area contributed by atoms with Gasteiger partial charge in [-0.3, -0.25) is 4.68 Å². The zero-order valence-electron chi connectivity index (χ0n) is 12.2. The molecule has 1 aliphatic carbocycles. The Morgan fingerprint density at radius 2 is 2.15 bits per heavy atom. The highest BCUT2D eigenvalue weighted by Crippen LogP contribution is 2.39. The number of ether oxygens (including phenoxy) is 1. The van der Waals surface area contributed by atoms with Crippen molar-refractivity contribution in [3.63, 3.8) is 0 Å². The molecule has 1 saturated carbocycles. The number of aliphatic hydroxyl groups is 1. The van der Waals surface area contributed by atoms with E-state index in [1.165, 1.54) is 6.42 Å². The van der Waals surface area contributed by atoms with Crippen molar-refractivity contribution in [2.24, 2.45) is 7.05 Å². The molecule has 0 amide bonds. The summed E-state index contributed by atoms with van der Waals surface area (Å²) in [6.07, 6.45) is 4.22. The van der Waals surface area contributed by atoms with E-state index < -0.39 is 6.10 Å². The Balaban J connectivity index is 1.76. The first-order chi connectivity index (χ1) is 9.63. The quantitative estimate of drug-likeness (QED) is 0.911. The number of para-hydroxylation sites is 1. The highest BCUT2D eigenvalue weighted by atomic mass is 16.5. The van der Waals surface area contributed by atoms with Crippen molar-refractivity contribution in [3.8, 4) is 0 Å². The minimum Gasteiger partial charge on any atom is -0.393 e. The van der Waals surface area contributed by atoms with Crippen molar-refractivity contribution in [2.45, 2.75) is 43.8 Å². The molecular weight excluding hydrogens is 252 g/mol. The van der Waals surface area contributed by atoms with Gasteiger partial charge in [0.2, 0.25) is 0 Å². The van der Waals surface area contributed by atoms with E-state index >= 15 is 0 Å². The normalized spacial score (nSPS) is 18.9. The van der Waals surface area contributed by atoms with Gasteiger partial charge in [-0.1, -0.05) is 18.2 Å². The molecule has 0 aliphatic heterocycles. The molecule has 4 heteroatoms. The Hall–Kier alpha value is -1.39. The van der Waals surface area contributed by atoms with Crippen LogP contribution in [0.2, 0.25) is 0 Å². The topological polar surface area (TPSA) is 47.3 Å². The van der Waals surface area contributed by atoms with Crippen LogP contribution < -0.4 is 0 Å². The SMILES string of the molecule is COC1(CC(O)Cc2nn(C)c3ccccc23)CCC1. The number of hydrogen-bond acceptors (Lipinski definition) is 3. The van der Waals surface area contributed by atoms with Gasteiger partial charge in [-0.15, -0.1) is 0 Å². The molecule has 1 atom stereocenters. The van der Waals surface area contributed by atoms with Crippen molar-refractivity contribution in [1.82, 2.24) is 9.78 Å². The van der Waals surface area contributed by atoms with Crippen molar-refractivity contribution >= 4 is 10.9 Å². The van der Waals surface area contributed by atoms with Gasteiger partial charge >= 0.3 is 0 Å². The fourth-order valence-corrected chi connectivity index (χ4v) is 3.23. The van der Waals surface area contributed by atoms with Crippen molar-refractivity contribution in [1.29, 1.82) is 0 Å². The first-order valence-corrected chi connectivity index (χ1v) is 7.27. The summed E-state index contributed by atoms with van der Waals surface area (Å²) >= 11 is 0. The van der Waals surface area contributed by atoms with Crippen LogP contribution in [0, 0.1) is 0 Å². The van der Waals surface area contributed by atoms with Gasteiger partial charge in [-0.05, 0) is 25.3 Å². The summed E-state index contributed by atoms with van der Waals surface area (Å²) < 4.78 is 7.47. The van der Waals surface area contributed by atoms with Crippen LogP contribution >= 0.6 is 0 Å². The Kier molecular flexibility index (Phi) is 3.52. The summed E-state index contributed by atoms with van der Waals surface area (Å²) in [5.41, 5.74) is 1.99. The van der Waals surface area contributed by atoms with Gasteiger partial charge in [0.15, 0.2) is 0 Å². The van der Waals surface area contributed by atoms with E-state index in [4.69, 9.17) is 4.74 Å². The summed E-state index contributed by atoms with van der Waals surface area (Å²) in [6, 6.07) is 8.15. The zero-order chi connectivity index (χ0) is 14.2. The molecule has 1 heterocycles. The van der Waals surface area contributed by atoms with Gasteiger partial charge in [0.25, 0.3) is 0 Å². The van der Waals surface area contributed by atoms with E-state index in [-0.39, 0.29) is 5.60 Å². The zero-order valence-corrected chi connectivity index (χ0v) is 12.2. The second-order valence-corrected chi connectivity index (χ2v) is 5.89. The monoisotopic (exact) mass is 274 g/mol. The van der Waals surface area contributed by atoms with Crippen LogP contribution in [-0.4, -0.2) is 33.7 Å². The standard InChI is InChI=1S/C16H22N2O2/c1-18-15-7-4-3-6-13(15)14(17-18)10-12(19)11-16(20-2)8-5-9-16/h3-4,6-7,12,19H,5,8-11H2,1-2H3. The van der Waals surface area contributed by atoms with Gasteiger partial charge in [-0.2, -0.15) is 5.10 Å². The van der Waals surface area contributed by atoms with E-state index in [0.29, 0.717) is 12.8 Å². The molecule has 20 heavy (non-hydrogen) atoms. The number of benzene rings is 1. The molecule has 1 N–H and O–H groups in total. The predicted octanol–water partition coefficient (Wildman–Crippen LogP) is 2.44. The fraction of sp³-hybridized carbons (Fsp3) is 0.562.